The highest BCUT2D eigenvalue weighted by Gasteiger charge is 2.15. The number of anilines is 1. The largest absolute Gasteiger partial charge is 0.481 e. The molecule has 1 amide bonds. The van der Waals surface area contributed by atoms with Gasteiger partial charge in [-0.1, -0.05) is 22.0 Å². The Balaban J connectivity index is 1.94. The van der Waals surface area contributed by atoms with E-state index in [0.717, 1.165) is 4.47 Å². The van der Waals surface area contributed by atoms with E-state index in [9.17, 15) is 4.79 Å². The number of pyridine rings is 1. The molecule has 2 rings (SSSR count). The van der Waals surface area contributed by atoms with Crippen molar-refractivity contribution in [3.05, 3.63) is 53.1 Å². The minimum absolute atomic E-state index is 0.235. The fourth-order valence-corrected chi connectivity index (χ4v) is 1.70. The Labute approximate surface area is 119 Å². The molecule has 0 saturated carbocycles. The van der Waals surface area contributed by atoms with Crippen LogP contribution in [0.25, 0.3) is 0 Å². The molecule has 1 atom stereocenters. The molecule has 19 heavy (non-hydrogen) atoms. The maximum atomic E-state index is 11.9. The Hall–Kier alpha value is -1.88. The summed E-state index contributed by atoms with van der Waals surface area (Å²) in [5, 5.41) is 2.69. The van der Waals surface area contributed by atoms with Gasteiger partial charge in [0.05, 0.1) is 0 Å². The van der Waals surface area contributed by atoms with Crippen molar-refractivity contribution in [3.63, 3.8) is 0 Å². The molecular weight excluding hydrogens is 308 g/mol. The minimum atomic E-state index is -0.594. The molecule has 1 N–H and O–H groups in total. The van der Waals surface area contributed by atoms with Crippen molar-refractivity contribution in [2.24, 2.45) is 0 Å². The zero-order valence-electron chi connectivity index (χ0n) is 10.3. The van der Waals surface area contributed by atoms with Crippen LogP contribution in [0, 0.1) is 0 Å². The third-order valence-corrected chi connectivity index (χ3v) is 2.94. The van der Waals surface area contributed by atoms with Crippen LogP contribution >= 0.6 is 15.9 Å². The summed E-state index contributed by atoms with van der Waals surface area (Å²) in [5.74, 6) is 0.923. The van der Waals surface area contributed by atoms with Gasteiger partial charge in [0.1, 0.15) is 11.6 Å². The van der Waals surface area contributed by atoms with Gasteiger partial charge in [-0.15, -0.1) is 0 Å². The van der Waals surface area contributed by atoms with Gasteiger partial charge < -0.3 is 10.1 Å². The van der Waals surface area contributed by atoms with Gasteiger partial charge in [-0.25, -0.2) is 4.98 Å². The number of aromatic nitrogens is 1. The van der Waals surface area contributed by atoms with Crippen molar-refractivity contribution in [1.29, 1.82) is 0 Å². The van der Waals surface area contributed by atoms with E-state index in [1.165, 1.54) is 0 Å². The average molecular weight is 321 g/mol. The van der Waals surface area contributed by atoms with E-state index in [4.69, 9.17) is 4.74 Å². The molecule has 1 heterocycles. The molecule has 4 nitrogen and oxygen atoms in total. The summed E-state index contributed by atoms with van der Waals surface area (Å²) in [6.07, 6.45) is 1.03. The molecule has 0 aliphatic carbocycles. The Bertz CT molecular complexity index is 543. The number of amides is 1. The quantitative estimate of drug-likeness (QED) is 0.940. The smallest absolute Gasteiger partial charge is 0.266 e. The first-order valence-electron chi connectivity index (χ1n) is 5.79. The van der Waals surface area contributed by atoms with Crippen molar-refractivity contribution < 1.29 is 9.53 Å². The van der Waals surface area contributed by atoms with Crippen LogP contribution in [0.3, 0.4) is 0 Å². The molecule has 0 fully saturated rings. The van der Waals surface area contributed by atoms with Gasteiger partial charge in [0.2, 0.25) is 0 Å². The van der Waals surface area contributed by atoms with Crippen LogP contribution in [0.15, 0.2) is 53.1 Å². The van der Waals surface area contributed by atoms with Crippen LogP contribution in [0.4, 0.5) is 5.82 Å². The summed E-state index contributed by atoms with van der Waals surface area (Å²) in [4.78, 5) is 15.9. The van der Waals surface area contributed by atoms with E-state index < -0.39 is 6.10 Å². The molecule has 1 unspecified atom stereocenters. The van der Waals surface area contributed by atoms with Crippen LogP contribution in [-0.4, -0.2) is 17.0 Å². The number of carbonyl (C=O) groups is 1. The zero-order valence-corrected chi connectivity index (χ0v) is 11.9. The van der Waals surface area contributed by atoms with Gasteiger partial charge in [-0.05, 0) is 43.3 Å². The van der Waals surface area contributed by atoms with Crippen LogP contribution < -0.4 is 10.1 Å². The normalized spacial score (nSPS) is 11.7. The van der Waals surface area contributed by atoms with Crippen molar-refractivity contribution in [2.45, 2.75) is 13.0 Å². The van der Waals surface area contributed by atoms with Gasteiger partial charge in [-0.3, -0.25) is 4.79 Å². The fraction of sp³-hybridized carbons (Fsp3) is 0.143. The van der Waals surface area contributed by atoms with Gasteiger partial charge in [0.25, 0.3) is 5.91 Å². The number of nitrogens with zero attached hydrogens (tertiary/aromatic N) is 1. The van der Waals surface area contributed by atoms with Gasteiger partial charge >= 0.3 is 0 Å². The van der Waals surface area contributed by atoms with E-state index in [0.29, 0.717) is 11.6 Å². The standard InChI is InChI=1S/C14H13BrN2O2/c1-10(19-12-7-5-11(15)6-8-12)14(18)17-13-4-2-3-9-16-13/h2-10H,1H3,(H,16,17,18). The lowest BCUT2D eigenvalue weighted by Gasteiger charge is -2.14. The van der Waals surface area contributed by atoms with Gasteiger partial charge in [-0.2, -0.15) is 0 Å². The molecule has 0 spiro atoms. The van der Waals surface area contributed by atoms with E-state index in [-0.39, 0.29) is 5.91 Å². The van der Waals surface area contributed by atoms with Crippen molar-refractivity contribution >= 4 is 27.7 Å². The molecule has 98 valence electrons. The lowest BCUT2D eigenvalue weighted by atomic mass is 10.3. The maximum Gasteiger partial charge on any atom is 0.266 e. The predicted octanol–water partition coefficient (Wildman–Crippen LogP) is 3.25. The van der Waals surface area contributed by atoms with Crippen molar-refractivity contribution in [3.8, 4) is 5.75 Å². The van der Waals surface area contributed by atoms with E-state index in [2.05, 4.69) is 26.2 Å². The second-order valence-corrected chi connectivity index (χ2v) is 4.83. The number of hydrogen-bond acceptors (Lipinski definition) is 3. The highest BCUT2D eigenvalue weighted by atomic mass is 79.9. The number of hydrogen-bond donors (Lipinski definition) is 1. The summed E-state index contributed by atoms with van der Waals surface area (Å²) in [5.41, 5.74) is 0. The molecule has 0 saturated heterocycles. The Morgan fingerprint density at radius 3 is 2.63 bits per heavy atom. The summed E-state index contributed by atoms with van der Waals surface area (Å²) in [6.45, 7) is 1.69. The van der Waals surface area contributed by atoms with Crippen molar-refractivity contribution in [1.82, 2.24) is 4.98 Å². The summed E-state index contributed by atoms with van der Waals surface area (Å²) < 4.78 is 6.51. The van der Waals surface area contributed by atoms with Crippen LogP contribution in [0.1, 0.15) is 6.92 Å². The van der Waals surface area contributed by atoms with Crippen LogP contribution in [0.5, 0.6) is 5.75 Å². The molecule has 5 heteroatoms. The maximum absolute atomic E-state index is 11.9. The molecule has 2 aromatic rings. The number of rotatable bonds is 4. The molecule has 0 aliphatic rings. The molecule has 0 radical (unpaired) electrons. The van der Waals surface area contributed by atoms with Gasteiger partial charge in [0, 0.05) is 10.7 Å². The lowest BCUT2D eigenvalue weighted by Crippen LogP contribution is -2.30. The average Bonchev–Trinajstić information content (AvgIpc) is 2.42. The topological polar surface area (TPSA) is 51.2 Å². The first-order chi connectivity index (χ1) is 9.15. The number of nitrogens with one attached hydrogen (secondary N) is 1. The molecule has 0 aliphatic heterocycles. The molecule has 0 bridgehead atoms. The predicted molar refractivity (Wildman–Crippen MR) is 77.1 cm³/mol. The molecular formula is C14H13BrN2O2. The zero-order chi connectivity index (χ0) is 13.7. The first-order valence-corrected chi connectivity index (χ1v) is 6.58. The monoisotopic (exact) mass is 320 g/mol. The molecule has 1 aromatic heterocycles. The number of benzene rings is 1. The highest BCUT2D eigenvalue weighted by molar-refractivity contribution is 9.10. The highest BCUT2D eigenvalue weighted by Crippen LogP contribution is 2.17. The van der Waals surface area contributed by atoms with Crippen molar-refractivity contribution in [2.75, 3.05) is 5.32 Å². The third kappa shape index (κ3) is 4.06. The van der Waals surface area contributed by atoms with E-state index in [1.54, 1.807) is 37.4 Å². The Morgan fingerprint density at radius 2 is 2.00 bits per heavy atom. The van der Waals surface area contributed by atoms with Gasteiger partial charge in [0.15, 0.2) is 6.10 Å². The lowest BCUT2D eigenvalue weighted by molar-refractivity contribution is -0.122. The summed E-state index contributed by atoms with van der Waals surface area (Å²) in [7, 11) is 0. The van der Waals surface area contributed by atoms with Crippen LogP contribution in [0.2, 0.25) is 0 Å². The first kappa shape index (κ1) is 13.5. The number of halogens is 1. The van der Waals surface area contributed by atoms with Crippen LogP contribution in [-0.2, 0) is 4.79 Å². The Morgan fingerprint density at radius 1 is 1.26 bits per heavy atom. The Kier molecular flexibility index (Phi) is 4.52. The third-order valence-electron chi connectivity index (χ3n) is 2.41. The minimum Gasteiger partial charge on any atom is -0.481 e. The van der Waals surface area contributed by atoms with E-state index >= 15 is 0 Å². The van der Waals surface area contributed by atoms with E-state index in [1.807, 2.05) is 18.2 Å². The molecule has 1 aromatic carbocycles. The summed E-state index contributed by atoms with van der Waals surface area (Å²) in [6, 6.07) is 12.6. The SMILES string of the molecule is CC(Oc1ccc(Br)cc1)C(=O)Nc1ccccn1. The second kappa shape index (κ2) is 6.33. The number of ether oxygens (including phenoxy) is 1. The summed E-state index contributed by atoms with van der Waals surface area (Å²) >= 11 is 3.34. The number of carbonyl (C=O) groups excluding carboxylic acids is 1. The second-order valence-electron chi connectivity index (χ2n) is 3.92. The fourth-order valence-electron chi connectivity index (χ4n) is 1.44.